The Morgan fingerprint density at radius 2 is 0.730 bits per heavy atom. The Labute approximate surface area is 453 Å². The van der Waals surface area contributed by atoms with Gasteiger partial charge in [0.1, 0.15) is 19.8 Å². The summed E-state index contributed by atoms with van der Waals surface area (Å²) in [7, 11) is 1.13. The van der Waals surface area contributed by atoms with Gasteiger partial charge in [-0.15, -0.1) is 0 Å². The van der Waals surface area contributed by atoms with Crippen molar-refractivity contribution in [3.8, 4) is 0 Å². The van der Waals surface area contributed by atoms with E-state index in [-0.39, 0.29) is 26.1 Å². The maximum atomic E-state index is 12.8. The highest BCUT2D eigenvalue weighted by Crippen LogP contribution is 2.38. The summed E-state index contributed by atoms with van der Waals surface area (Å²) in [6, 6.07) is 0. The molecule has 0 aromatic carbocycles. The standard InChI is InChI=1S/C64H106NO8P/c1-6-8-10-12-14-16-18-20-22-24-25-26-27-28-29-30-31-32-33-34-35-36-37-38-39-41-43-45-47-49-51-53-55-57-64(67)73-62(61-72-74(68,69)71-59-58-65(3,4)5)60-70-63(66)56-54-52-50-48-46-44-42-40-23-21-19-17-15-13-11-9-7-2/h8-11,14-17,20-23,25-26,28-29,31-32,34-35,42,44,62H,6-7,12-13,18-19,24,27,30,33,36-41,43,45-61H2,1-5H3/b10-8-,11-9-,16-14-,17-15-,22-20-,23-21-,26-25-,29-28-,32-31-,35-34-,44-42-. The second-order valence-corrected chi connectivity index (χ2v) is 21.3. The highest BCUT2D eigenvalue weighted by atomic mass is 31.2. The second kappa shape index (κ2) is 54.0. The molecule has 10 heteroatoms. The predicted octanol–water partition coefficient (Wildman–Crippen LogP) is 17.5. The normalized spacial score (nSPS) is 14.3. The molecule has 0 bridgehead atoms. The van der Waals surface area contributed by atoms with Gasteiger partial charge in [-0.25, -0.2) is 0 Å². The lowest BCUT2D eigenvalue weighted by Crippen LogP contribution is -2.37. The first-order chi connectivity index (χ1) is 36.0. The minimum absolute atomic E-state index is 0.0428. The first kappa shape index (κ1) is 70.1. The van der Waals surface area contributed by atoms with E-state index in [0.717, 1.165) is 122 Å². The number of allylic oxidation sites excluding steroid dienone is 22. The van der Waals surface area contributed by atoms with Crippen molar-refractivity contribution in [2.75, 3.05) is 47.5 Å². The van der Waals surface area contributed by atoms with E-state index in [0.29, 0.717) is 23.9 Å². The smallest absolute Gasteiger partial charge is 0.306 e. The van der Waals surface area contributed by atoms with Crippen LogP contribution in [0.5, 0.6) is 0 Å². The van der Waals surface area contributed by atoms with Gasteiger partial charge in [0.15, 0.2) is 6.10 Å². The largest absolute Gasteiger partial charge is 0.756 e. The minimum atomic E-state index is -4.65. The Morgan fingerprint density at radius 3 is 1.08 bits per heavy atom. The SMILES string of the molecule is CC/C=C\C/C=C\C/C=C\C/C=C\C/C=C\C/C=C\C/C=C\CCCCCCCCCCCCCC(=O)OC(COC(=O)CCCCCC/C=C\C/C=C\C/C=C\C/C=C\CC)COP(=O)([O-])OCC[N+](C)(C)C. The Balaban J connectivity index is 4.19. The van der Waals surface area contributed by atoms with E-state index < -0.39 is 32.5 Å². The van der Waals surface area contributed by atoms with Crippen LogP contribution in [-0.2, 0) is 32.7 Å². The number of hydrogen-bond acceptors (Lipinski definition) is 8. The van der Waals surface area contributed by atoms with E-state index in [1.54, 1.807) is 0 Å². The van der Waals surface area contributed by atoms with Crippen LogP contribution in [0.15, 0.2) is 134 Å². The van der Waals surface area contributed by atoms with Crippen molar-refractivity contribution < 1.29 is 42.1 Å². The van der Waals surface area contributed by atoms with Crippen LogP contribution in [-0.4, -0.2) is 70.0 Å². The van der Waals surface area contributed by atoms with E-state index in [2.05, 4.69) is 148 Å². The monoisotopic (exact) mass is 1050 g/mol. The molecule has 420 valence electrons. The third-order valence-corrected chi connectivity index (χ3v) is 12.6. The van der Waals surface area contributed by atoms with E-state index >= 15 is 0 Å². The molecule has 0 aliphatic heterocycles. The lowest BCUT2D eigenvalue weighted by Gasteiger charge is -2.28. The Kier molecular flexibility index (Phi) is 51.2. The molecule has 0 saturated heterocycles. The zero-order valence-electron chi connectivity index (χ0n) is 47.5. The number of phosphoric acid groups is 1. The number of carbonyl (C=O) groups is 2. The molecule has 0 heterocycles. The average Bonchev–Trinajstić information content (AvgIpc) is 3.36. The molecule has 0 aromatic rings. The van der Waals surface area contributed by atoms with Gasteiger partial charge in [-0.05, 0) is 109 Å². The molecule has 0 saturated carbocycles. The zero-order valence-corrected chi connectivity index (χ0v) is 48.4. The molecular formula is C64H106NO8P. The molecule has 0 amide bonds. The van der Waals surface area contributed by atoms with Crippen molar-refractivity contribution in [3.05, 3.63) is 134 Å². The number of unbranched alkanes of at least 4 members (excludes halogenated alkanes) is 15. The Bertz CT molecular complexity index is 1710. The van der Waals surface area contributed by atoms with E-state index in [4.69, 9.17) is 18.5 Å². The quantitative estimate of drug-likeness (QED) is 0.0195. The Hall–Kier alpha value is -3.85. The van der Waals surface area contributed by atoms with Gasteiger partial charge in [-0.2, -0.15) is 0 Å². The van der Waals surface area contributed by atoms with Gasteiger partial charge in [-0.3, -0.25) is 14.2 Å². The van der Waals surface area contributed by atoms with Crippen LogP contribution in [0, 0.1) is 0 Å². The molecule has 0 rings (SSSR count). The first-order valence-electron chi connectivity index (χ1n) is 28.9. The average molecular weight is 1050 g/mol. The number of ether oxygens (including phenoxy) is 2. The van der Waals surface area contributed by atoms with Crippen molar-refractivity contribution in [1.82, 2.24) is 0 Å². The summed E-state index contributed by atoms with van der Waals surface area (Å²) in [6.07, 6.45) is 77.8. The van der Waals surface area contributed by atoms with Crippen LogP contribution in [0.1, 0.15) is 206 Å². The van der Waals surface area contributed by atoms with Crippen LogP contribution in [0.3, 0.4) is 0 Å². The summed E-state index contributed by atoms with van der Waals surface area (Å²) >= 11 is 0. The van der Waals surface area contributed by atoms with Crippen LogP contribution in [0.4, 0.5) is 0 Å². The third-order valence-electron chi connectivity index (χ3n) is 11.7. The number of esters is 2. The van der Waals surface area contributed by atoms with Crippen LogP contribution < -0.4 is 4.89 Å². The summed E-state index contributed by atoms with van der Waals surface area (Å²) in [5.74, 6) is -0.874. The molecule has 0 N–H and O–H groups in total. The number of phosphoric ester groups is 1. The fourth-order valence-corrected chi connectivity index (χ4v) is 8.00. The lowest BCUT2D eigenvalue weighted by atomic mass is 10.0. The highest BCUT2D eigenvalue weighted by molar-refractivity contribution is 7.45. The van der Waals surface area contributed by atoms with Crippen molar-refractivity contribution in [1.29, 1.82) is 0 Å². The van der Waals surface area contributed by atoms with Crippen molar-refractivity contribution in [3.63, 3.8) is 0 Å². The number of rotatable bonds is 51. The molecule has 0 fully saturated rings. The van der Waals surface area contributed by atoms with Gasteiger partial charge in [0, 0.05) is 12.8 Å². The summed E-state index contributed by atoms with van der Waals surface area (Å²) in [5.41, 5.74) is 0. The summed E-state index contributed by atoms with van der Waals surface area (Å²) in [4.78, 5) is 37.8. The number of carbonyl (C=O) groups excluding carboxylic acids is 2. The number of likely N-dealkylation sites (N-methyl/N-ethyl adjacent to an activating group) is 1. The number of nitrogens with zero attached hydrogens (tertiary/aromatic N) is 1. The molecular weight excluding hydrogens is 942 g/mol. The minimum Gasteiger partial charge on any atom is -0.756 e. The summed E-state index contributed by atoms with van der Waals surface area (Å²) in [6.45, 7) is 3.96. The first-order valence-corrected chi connectivity index (χ1v) is 30.4. The maximum Gasteiger partial charge on any atom is 0.306 e. The van der Waals surface area contributed by atoms with Crippen molar-refractivity contribution in [2.45, 2.75) is 213 Å². The van der Waals surface area contributed by atoms with Gasteiger partial charge in [0.25, 0.3) is 7.82 Å². The molecule has 9 nitrogen and oxygen atoms in total. The number of hydrogen-bond donors (Lipinski definition) is 0. The zero-order chi connectivity index (χ0) is 54.2. The fraction of sp³-hybridized carbons (Fsp3) is 0.625. The fourth-order valence-electron chi connectivity index (χ4n) is 7.27. The molecule has 0 aliphatic rings. The molecule has 0 radical (unpaired) electrons. The van der Waals surface area contributed by atoms with E-state index in [9.17, 15) is 19.0 Å². The molecule has 0 aromatic heterocycles. The molecule has 74 heavy (non-hydrogen) atoms. The third kappa shape index (κ3) is 57.4. The second-order valence-electron chi connectivity index (χ2n) is 19.9. The molecule has 2 unspecified atom stereocenters. The topological polar surface area (TPSA) is 111 Å². The maximum absolute atomic E-state index is 12.8. The Morgan fingerprint density at radius 1 is 0.419 bits per heavy atom. The van der Waals surface area contributed by atoms with Crippen LogP contribution in [0.2, 0.25) is 0 Å². The van der Waals surface area contributed by atoms with Crippen molar-refractivity contribution >= 4 is 19.8 Å². The summed E-state index contributed by atoms with van der Waals surface area (Å²) in [5, 5.41) is 0. The predicted molar refractivity (Wildman–Crippen MR) is 314 cm³/mol. The van der Waals surface area contributed by atoms with E-state index in [1.807, 2.05) is 21.1 Å². The van der Waals surface area contributed by atoms with Gasteiger partial charge >= 0.3 is 11.9 Å². The van der Waals surface area contributed by atoms with Crippen molar-refractivity contribution in [2.24, 2.45) is 0 Å². The summed E-state index contributed by atoms with van der Waals surface area (Å²) < 4.78 is 34.1. The van der Waals surface area contributed by atoms with Gasteiger partial charge in [0.05, 0.1) is 27.7 Å². The lowest BCUT2D eigenvalue weighted by molar-refractivity contribution is -0.870. The van der Waals surface area contributed by atoms with Gasteiger partial charge in [0.2, 0.25) is 0 Å². The molecule has 0 spiro atoms. The number of quaternary nitrogens is 1. The van der Waals surface area contributed by atoms with Gasteiger partial charge < -0.3 is 27.9 Å². The highest BCUT2D eigenvalue weighted by Gasteiger charge is 2.21. The molecule has 0 aliphatic carbocycles. The van der Waals surface area contributed by atoms with Crippen LogP contribution in [0.25, 0.3) is 0 Å². The van der Waals surface area contributed by atoms with E-state index in [1.165, 1.54) is 44.9 Å². The van der Waals surface area contributed by atoms with Gasteiger partial charge in [-0.1, -0.05) is 218 Å². The van der Waals surface area contributed by atoms with Crippen LogP contribution >= 0.6 is 7.82 Å². The molecule has 2 atom stereocenters.